The number of nitriles is 1. The van der Waals surface area contributed by atoms with Crippen LogP contribution in [-0.4, -0.2) is 61.1 Å². The van der Waals surface area contributed by atoms with Crippen LogP contribution in [0, 0.1) is 17.1 Å². The Hall–Kier alpha value is -2.66. The molecule has 0 saturated carbocycles. The van der Waals surface area contributed by atoms with Crippen LogP contribution < -0.4 is 9.64 Å². The minimum absolute atomic E-state index is 0.111. The topological polar surface area (TPSA) is 80.0 Å². The largest absolute Gasteiger partial charge is 0.491 e. The van der Waals surface area contributed by atoms with Gasteiger partial charge in [-0.25, -0.2) is 4.39 Å². The molecule has 7 heteroatoms. The fourth-order valence-corrected chi connectivity index (χ4v) is 3.30. The number of aliphatic hydroxyl groups excluding tert-OH is 2. The van der Waals surface area contributed by atoms with Gasteiger partial charge in [0.25, 0.3) is 0 Å². The van der Waals surface area contributed by atoms with Crippen LogP contribution >= 0.6 is 0 Å². The molecule has 0 aromatic heterocycles. The summed E-state index contributed by atoms with van der Waals surface area (Å²) in [5.41, 5.74) is 1.88. The van der Waals surface area contributed by atoms with E-state index in [4.69, 9.17) is 15.1 Å². The second kappa shape index (κ2) is 9.51. The van der Waals surface area contributed by atoms with Crippen LogP contribution in [0.15, 0.2) is 42.5 Å². The molecule has 1 atom stereocenters. The Balaban J connectivity index is 1.53. The van der Waals surface area contributed by atoms with Gasteiger partial charge in [-0.05, 0) is 29.8 Å². The number of aliphatic hydroxyl groups is 2. The van der Waals surface area contributed by atoms with Crippen molar-refractivity contribution >= 4 is 5.69 Å². The van der Waals surface area contributed by atoms with Crippen molar-refractivity contribution < 1.29 is 19.3 Å². The standard InChI is InChI=1S/C21H24FN3O3/c22-19-13-18(28-12-11-26)5-6-20(19)25-9-7-24(8-10-25)15-21(27)17-3-1-16(14-23)2-4-17/h1-6,13,21,26-27H,7-12,15H2. The molecule has 28 heavy (non-hydrogen) atoms. The molecule has 2 aromatic carbocycles. The van der Waals surface area contributed by atoms with Crippen LogP contribution in [0.4, 0.5) is 10.1 Å². The zero-order valence-corrected chi connectivity index (χ0v) is 15.6. The molecule has 1 aliphatic heterocycles. The number of nitrogens with zero attached hydrogens (tertiary/aromatic N) is 3. The lowest BCUT2D eigenvalue weighted by molar-refractivity contribution is 0.109. The van der Waals surface area contributed by atoms with Crippen LogP contribution in [0.3, 0.4) is 0 Å². The van der Waals surface area contributed by atoms with Crippen molar-refractivity contribution in [3.05, 3.63) is 59.4 Å². The van der Waals surface area contributed by atoms with E-state index in [0.717, 1.165) is 18.7 Å². The van der Waals surface area contributed by atoms with Gasteiger partial charge in [-0.3, -0.25) is 4.90 Å². The Morgan fingerprint density at radius 3 is 2.43 bits per heavy atom. The number of benzene rings is 2. The average molecular weight is 385 g/mol. The summed E-state index contributed by atoms with van der Waals surface area (Å²) in [6, 6.07) is 13.8. The molecule has 0 spiro atoms. The zero-order valence-electron chi connectivity index (χ0n) is 15.6. The maximum absolute atomic E-state index is 14.4. The molecule has 1 aliphatic rings. The Labute approximate surface area is 164 Å². The molecule has 1 saturated heterocycles. The molecule has 0 bridgehead atoms. The van der Waals surface area contributed by atoms with Gasteiger partial charge in [0.05, 0.1) is 30.0 Å². The minimum atomic E-state index is -0.626. The van der Waals surface area contributed by atoms with Crippen molar-refractivity contribution in [2.45, 2.75) is 6.10 Å². The van der Waals surface area contributed by atoms with E-state index in [1.54, 1.807) is 36.4 Å². The highest BCUT2D eigenvalue weighted by atomic mass is 19.1. The highest BCUT2D eigenvalue weighted by Crippen LogP contribution is 2.25. The van der Waals surface area contributed by atoms with E-state index in [0.29, 0.717) is 36.6 Å². The van der Waals surface area contributed by atoms with Gasteiger partial charge in [0.2, 0.25) is 0 Å². The van der Waals surface area contributed by atoms with Crippen LogP contribution in [0.25, 0.3) is 0 Å². The van der Waals surface area contributed by atoms with Crippen LogP contribution in [-0.2, 0) is 0 Å². The van der Waals surface area contributed by atoms with E-state index in [1.165, 1.54) is 6.07 Å². The lowest BCUT2D eigenvalue weighted by Gasteiger charge is -2.37. The molecule has 1 heterocycles. The molecular formula is C21H24FN3O3. The summed E-state index contributed by atoms with van der Waals surface area (Å²) >= 11 is 0. The normalized spacial score (nSPS) is 15.9. The van der Waals surface area contributed by atoms with Gasteiger partial charge in [-0.1, -0.05) is 12.1 Å². The fourth-order valence-electron chi connectivity index (χ4n) is 3.30. The van der Waals surface area contributed by atoms with Crippen molar-refractivity contribution in [1.82, 2.24) is 4.90 Å². The first kappa shape index (κ1) is 20.1. The van der Waals surface area contributed by atoms with Gasteiger partial charge in [-0.15, -0.1) is 0 Å². The Kier molecular flexibility index (Phi) is 6.82. The van der Waals surface area contributed by atoms with Gasteiger partial charge in [-0.2, -0.15) is 5.26 Å². The molecule has 2 N–H and O–H groups in total. The van der Waals surface area contributed by atoms with E-state index in [2.05, 4.69) is 11.0 Å². The summed E-state index contributed by atoms with van der Waals surface area (Å²) in [5, 5.41) is 28.1. The minimum Gasteiger partial charge on any atom is -0.491 e. The van der Waals surface area contributed by atoms with Crippen molar-refractivity contribution in [2.24, 2.45) is 0 Å². The number of ether oxygens (including phenoxy) is 1. The monoisotopic (exact) mass is 385 g/mol. The molecule has 0 amide bonds. The summed E-state index contributed by atoms with van der Waals surface area (Å²) in [5.74, 6) is 0.0565. The molecule has 6 nitrogen and oxygen atoms in total. The zero-order chi connectivity index (χ0) is 19.9. The van der Waals surface area contributed by atoms with Crippen LogP contribution in [0.1, 0.15) is 17.2 Å². The van der Waals surface area contributed by atoms with Gasteiger partial charge >= 0.3 is 0 Å². The van der Waals surface area contributed by atoms with Crippen LogP contribution in [0.5, 0.6) is 5.75 Å². The molecule has 0 aliphatic carbocycles. The first-order valence-electron chi connectivity index (χ1n) is 9.29. The molecule has 1 unspecified atom stereocenters. The number of anilines is 1. The predicted molar refractivity (Wildman–Crippen MR) is 104 cm³/mol. The Bertz CT molecular complexity index is 815. The second-order valence-electron chi connectivity index (χ2n) is 6.72. The van der Waals surface area contributed by atoms with E-state index < -0.39 is 6.10 Å². The number of piperazine rings is 1. The summed E-state index contributed by atoms with van der Waals surface area (Å²) < 4.78 is 19.6. The average Bonchev–Trinajstić information content (AvgIpc) is 2.73. The van der Waals surface area contributed by atoms with E-state index in [-0.39, 0.29) is 19.0 Å². The third-order valence-electron chi connectivity index (χ3n) is 4.85. The molecule has 3 rings (SSSR count). The molecule has 0 radical (unpaired) electrons. The van der Waals surface area contributed by atoms with E-state index in [1.807, 2.05) is 4.90 Å². The Morgan fingerprint density at radius 2 is 1.82 bits per heavy atom. The fraction of sp³-hybridized carbons (Fsp3) is 0.381. The van der Waals surface area contributed by atoms with Gasteiger partial charge in [0, 0.05) is 38.8 Å². The number of halogens is 1. The van der Waals surface area contributed by atoms with Gasteiger partial charge in [0.15, 0.2) is 0 Å². The third kappa shape index (κ3) is 4.98. The summed E-state index contributed by atoms with van der Waals surface area (Å²) in [6.45, 7) is 3.28. The first-order chi connectivity index (χ1) is 13.6. The maximum Gasteiger partial charge on any atom is 0.150 e. The number of β-amino-alcohol motifs (C(OH)–C–C–N with tert-alkyl or cyclic N) is 1. The Morgan fingerprint density at radius 1 is 1.11 bits per heavy atom. The predicted octanol–water partition coefficient (Wildman–Crippen LogP) is 1.92. The highest BCUT2D eigenvalue weighted by molar-refractivity contribution is 5.51. The first-order valence-corrected chi connectivity index (χ1v) is 9.29. The highest BCUT2D eigenvalue weighted by Gasteiger charge is 2.22. The third-order valence-corrected chi connectivity index (χ3v) is 4.85. The summed E-state index contributed by atoms with van der Waals surface area (Å²) in [7, 11) is 0. The molecule has 1 fully saturated rings. The lowest BCUT2D eigenvalue weighted by Crippen LogP contribution is -2.47. The number of hydrogen-bond acceptors (Lipinski definition) is 6. The van der Waals surface area contributed by atoms with Crippen molar-refractivity contribution in [3.63, 3.8) is 0 Å². The van der Waals surface area contributed by atoms with Gasteiger partial charge in [0.1, 0.15) is 18.2 Å². The van der Waals surface area contributed by atoms with Crippen molar-refractivity contribution in [2.75, 3.05) is 50.8 Å². The quantitative estimate of drug-likeness (QED) is 0.758. The van der Waals surface area contributed by atoms with E-state index >= 15 is 0 Å². The summed E-state index contributed by atoms with van der Waals surface area (Å²) in [6.07, 6.45) is -0.626. The maximum atomic E-state index is 14.4. The van der Waals surface area contributed by atoms with Gasteiger partial charge < -0.3 is 19.8 Å². The van der Waals surface area contributed by atoms with E-state index in [9.17, 15) is 9.50 Å². The molecule has 148 valence electrons. The van der Waals surface area contributed by atoms with Crippen molar-refractivity contribution in [1.29, 1.82) is 5.26 Å². The summed E-state index contributed by atoms with van der Waals surface area (Å²) in [4.78, 5) is 4.13. The van der Waals surface area contributed by atoms with Crippen LogP contribution in [0.2, 0.25) is 0 Å². The second-order valence-corrected chi connectivity index (χ2v) is 6.72. The number of hydrogen-bond donors (Lipinski definition) is 2. The van der Waals surface area contributed by atoms with Crippen molar-refractivity contribution in [3.8, 4) is 11.8 Å². The smallest absolute Gasteiger partial charge is 0.150 e. The molecule has 2 aromatic rings. The SMILES string of the molecule is N#Cc1ccc(C(O)CN2CCN(c3ccc(OCCO)cc3F)CC2)cc1. The number of rotatable bonds is 7. The lowest BCUT2D eigenvalue weighted by atomic mass is 10.1. The molecular weight excluding hydrogens is 361 g/mol.